The van der Waals surface area contributed by atoms with Gasteiger partial charge in [-0.05, 0) is 42.5 Å². The number of hydrogen-bond acceptors (Lipinski definition) is 4. The molecule has 0 saturated heterocycles. The Hall–Kier alpha value is -2.75. The second kappa shape index (κ2) is 8.95. The zero-order valence-corrected chi connectivity index (χ0v) is 17.9. The number of hydrogen-bond donors (Lipinski definition) is 1. The Morgan fingerprint density at radius 2 is 1.90 bits per heavy atom. The molecule has 0 unspecified atom stereocenters. The molecule has 0 saturated carbocycles. The zero-order valence-electron chi connectivity index (χ0n) is 16.3. The number of sulfonamides is 1. The molecule has 10 heteroatoms. The lowest BCUT2D eigenvalue weighted by Crippen LogP contribution is -2.30. The van der Waals surface area contributed by atoms with Crippen LogP contribution in [0.3, 0.4) is 0 Å². The number of carbonyl (C=O) groups excluding carboxylic acids is 1. The monoisotopic (exact) mass is 450 g/mol. The highest BCUT2D eigenvalue weighted by Gasteiger charge is 2.25. The summed E-state index contributed by atoms with van der Waals surface area (Å²) in [6, 6.07) is 11.5. The minimum Gasteiger partial charge on any atom is -0.321 e. The van der Waals surface area contributed by atoms with E-state index in [0.29, 0.717) is 18.8 Å². The average molecular weight is 451 g/mol. The van der Waals surface area contributed by atoms with Crippen LogP contribution in [-0.2, 0) is 10.0 Å². The Labute approximate surface area is 179 Å². The minimum absolute atomic E-state index is 0.0651. The van der Waals surface area contributed by atoms with Crippen molar-refractivity contribution < 1.29 is 17.6 Å². The van der Waals surface area contributed by atoms with E-state index in [4.69, 9.17) is 11.6 Å². The Balaban J connectivity index is 1.84. The van der Waals surface area contributed by atoms with Gasteiger partial charge in [0.25, 0.3) is 5.91 Å². The van der Waals surface area contributed by atoms with E-state index in [-0.39, 0.29) is 21.3 Å². The summed E-state index contributed by atoms with van der Waals surface area (Å²) in [5.74, 6) is -0.962. The van der Waals surface area contributed by atoms with Crippen molar-refractivity contribution in [2.75, 3.05) is 18.4 Å². The molecule has 0 radical (unpaired) electrons. The predicted octanol–water partition coefficient (Wildman–Crippen LogP) is 3.95. The lowest BCUT2D eigenvalue weighted by atomic mass is 10.3. The second-order valence-corrected chi connectivity index (χ2v) is 8.63. The van der Waals surface area contributed by atoms with Crippen LogP contribution in [0.15, 0.2) is 59.6 Å². The molecule has 0 fully saturated rings. The lowest BCUT2D eigenvalue weighted by Gasteiger charge is -2.19. The van der Waals surface area contributed by atoms with Crippen molar-refractivity contribution in [1.82, 2.24) is 14.1 Å². The van der Waals surface area contributed by atoms with Gasteiger partial charge in [0, 0.05) is 25.0 Å². The maximum atomic E-state index is 13.4. The SMILES string of the molecule is CCN(CC)S(=O)(=O)c1cc(NC(=O)c2ccn(-c3cccc(F)c3)n2)ccc1Cl. The highest BCUT2D eigenvalue weighted by Crippen LogP contribution is 2.28. The van der Waals surface area contributed by atoms with Crippen LogP contribution in [0.4, 0.5) is 10.1 Å². The van der Waals surface area contributed by atoms with Crippen LogP contribution in [0.2, 0.25) is 5.02 Å². The van der Waals surface area contributed by atoms with Gasteiger partial charge >= 0.3 is 0 Å². The van der Waals surface area contributed by atoms with Gasteiger partial charge in [-0.3, -0.25) is 4.79 Å². The van der Waals surface area contributed by atoms with Crippen molar-refractivity contribution >= 4 is 33.2 Å². The summed E-state index contributed by atoms with van der Waals surface area (Å²) in [4.78, 5) is 12.5. The van der Waals surface area contributed by atoms with E-state index in [1.54, 1.807) is 19.9 Å². The Morgan fingerprint density at radius 1 is 1.17 bits per heavy atom. The fourth-order valence-corrected chi connectivity index (χ4v) is 4.84. The summed E-state index contributed by atoms with van der Waals surface area (Å²) >= 11 is 6.11. The van der Waals surface area contributed by atoms with E-state index in [9.17, 15) is 17.6 Å². The van der Waals surface area contributed by atoms with E-state index in [0.717, 1.165) is 0 Å². The first-order valence-electron chi connectivity index (χ1n) is 9.19. The quantitative estimate of drug-likeness (QED) is 0.590. The van der Waals surface area contributed by atoms with Crippen LogP contribution in [0, 0.1) is 5.82 Å². The Kier molecular flexibility index (Phi) is 6.55. The average Bonchev–Trinajstić information content (AvgIpc) is 3.20. The molecule has 30 heavy (non-hydrogen) atoms. The van der Waals surface area contributed by atoms with Crippen LogP contribution in [0.1, 0.15) is 24.3 Å². The molecule has 158 valence electrons. The number of amides is 1. The summed E-state index contributed by atoms with van der Waals surface area (Å²) < 4.78 is 41.6. The number of carbonyl (C=O) groups is 1. The molecule has 0 aliphatic carbocycles. The lowest BCUT2D eigenvalue weighted by molar-refractivity contribution is 0.102. The van der Waals surface area contributed by atoms with Gasteiger partial charge < -0.3 is 5.32 Å². The molecule has 2 aromatic carbocycles. The molecular formula is C20H20ClFN4O3S. The van der Waals surface area contributed by atoms with Crippen LogP contribution in [0.25, 0.3) is 5.69 Å². The molecule has 1 aromatic heterocycles. The third-order valence-corrected chi connectivity index (χ3v) is 6.94. The topological polar surface area (TPSA) is 84.3 Å². The van der Waals surface area contributed by atoms with Crippen molar-refractivity contribution in [2.45, 2.75) is 18.7 Å². The van der Waals surface area contributed by atoms with Crippen LogP contribution in [0.5, 0.6) is 0 Å². The highest BCUT2D eigenvalue weighted by molar-refractivity contribution is 7.89. The van der Waals surface area contributed by atoms with Crippen LogP contribution < -0.4 is 5.32 Å². The number of rotatable bonds is 7. The first-order valence-corrected chi connectivity index (χ1v) is 11.0. The zero-order chi connectivity index (χ0) is 21.9. The normalized spacial score (nSPS) is 11.6. The van der Waals surface area contributed by atoms with Crippen molar-refractivity contribution in [3.05, 3.63) is 71.3 Å². The Morgan fingerprint density at radius 3 is 2.57 bits per heavy atom. The number of benzene rings is 2. The van der Waals surface area contributed by atoms with Gasteiger partial charge in [0.15, 0.2) is 5.69 Å². The van der Waals surface area contributed by atoms with Crippen molar-refractivity contribution in [2.24, 2.45) is 0 Å². The molecule has 0 bridgehead atoms. The molecular weight excluding hydrogens is 431 g/mol. The molecule has 3 aromatic rings. The molecule has 3 rings (SSSR count). The summed E-state index contributed by atoms with van der Waals surface area (Å²) in [5, 5.41) is 6.83. The van der Waals surface area contributed by atoms with Gasteiger partial charge in [0.05, 0.1) is 10.7 Å². The molecule has 0 atom stereocenters. The first kappa shape index (κ1) is 21.9. The van der Waals surface area contributed by atoms with E-state index in [1.165, 1.54) is 57.6 Å². The van der Waals surface area contributed by atoms with E-state index >= 15 is 0 Å². The summed E-state index contributed by atoms with van der Waals surface area (Å²) in [5.41, 5.74) is 0.811. The first-order chi connectivity index (χ1) is 14.3. The number of anilines is 1. The van der Waals surface area contributed by atoms with E-state index in [1.807, 2.05) is 0 Å². The standard InChI is InChI=1S/C20H20ClFN4O3S/c1-3-25(4-2)30(28,29)19-13-15(8-9-17(19)21)23-20(27)18-10-11-26(24-18)16-7-5-6-14(22)12-16/h5-13H,3-4H2,1-2H3,(H,23,27). The molecule has 1 N–H and O–H groups in total. The van der Waals surface area contributed by atoms with Gasteiger partial charge in [-0.2, -0.15) is 9.40 Å². The van der Waals surface area contributed by atoms with Crippen molar-refractivity contribution in [3.8, 4) is 5.69 Å². The molecule has 0 aliphatic rings. The fourth-order valence-electron chi connectivity index (χ4n) is 2.88. The van der Waals surface area contributed by atoms with Crippen molar-refractivity contribution in [1.29, 1.82) is 0 Å². The smallest absolute Gasteiger partial charge is 0.276 e. The summed E-state index contributed by atoms with van der Waals surface area (Å²) in [6.45, 7) is 4.05. The largest absolute Gasteiger partial charge is 0.321 e. The predicted molar refractivity (Wildman–Crippen MR) is 113 cm³/mol. The van der Waals surface area contributed by atoms with Gasteiger partial charge in [0.1, 0.15) is 10.7 Å². The molecule has 1 heterocycles. The van der Waals surface area contributed by atoms with Gasteiger partial charge in [0.2, 0.25) is 10.0 Å². The summed E-state index contributed by atoms with van der Waals surface area (Å²) in [6.07, 6.45) is 1.53. The second-order valence-electron chi connectivity index (χ2n) is 6.31. The summed E-state index contributed by atoms with van der Waals surface area (Å²) in [7, 11) is -3.80. The van der Waals surface area contributed by atoms with Crippen molar-refractivity contribution in [3.63, 3.8) is 0 Å². The minimum atomic E-state index is -3.80. The van der Waals surface area contributed by atoms with E-state index in [2.05, 4.69) is 10.4 Å². The molecule has 0 aliphatic heterocycles. The Bertz CT molecular complexity index is 1180. The van der Waals surface area contributed by atoms with Gasteiger partial charge in [-0.1, -0.05) is 31.5 Å². The third kappa shape index (κ3) is 4.53. The highest BCUT2D eigenvalue weighted by atomic mass is 35.5. The number of nitrogens with zero attached hydrogens (tertiary/aromatic N) is 3. The maximum Gasteiger partial charge on any atom is 0.276 e. The van der Waals surface area contributed by atoms with Gasteiger partial charge in [-0.25, -0.2) is 17.5 Å². The molecule has 7 nitrogen and oxygen atoms in total. The number of aromatic nitrogens is 2. The maximum absolute atomic E-state index is 13.4. The van der Waals surface area contributed by atoms with Gasteiger partial charge in [-0.15, -0.1) is 0 Å². The van der Waals surface area contributed by atoms with Crippen LogP contribution >= 0.6 is 11.6 Å². The number of halogens is 2. The third-order valence-electron chi connectivity index (χ3n) is 4.41. The molecule has 1 amide bonds. The number of nitrogens with one attached hydrogen (secondary N) is 1. The fraction of sp³-hybridized carbons (Fsp3) is 0.200. The van der Waals surface area contributed by atoms with E-state index < -0.39 is 21.7 Å². The molecule has 0 spiro atoms. The van der Waals surface area contributed by atoms with Crippen LogP contribution in [-0.4, -0.2) is 41.5 Å².